The molecule has 0 aliphatic rings. The number of pyridine rings is 1. The molecule has 2 heterocycles. The molecule has 1 amide bonds. The van der Waals surface area contributed by atoms with Gasteiger partial charge in [0.05, 0.1) is 17.6 Å². The van der Waals surface area contributed by atoms with Gasteiger partial charge < -0.3 is 19.4 Å². The van der Waals surface area contributed by atoms with Gasteiger partial charge in [-0.2, -0.15) is 0 Å². The predicted octanol–water partition coefficient (Wildman–Crippen LogP) is 5.64. The molecule has 0 spiro atoms. The smallest absolute Gasteiger partial charge is 0.412 e. The summed E-state index contributed by atoms with van der Waals surface area (Å²) < 4.78 is 12.8. The summed E-state index contributed by atoms with van der Waals surface area (Å²) in [6.45, 7) is 4.16. The van der Waals surface area contributed by atoms with Gasteiger partial charge >= 0.3 is 6.09 Å². The lowest BCUT2D eigenvalue weighted by Crippen LogP contribution is -2.14. The Bertz CT molecular complexity index is 1230. The van der Waals surface area contributed by atoms with Gasteiger partial charge in [-0.15, -0.1) is 0 Å². The van der Waals surface area contributed by atoms with E-state index in [-0.39, 0.29) is 6.61 Å². The van der Waals surface area contributed by atoms with Crippen LogP contribution < -0.4 is 15.4 Å². The highest BCUT2D eigenvalue weighted by Crippen LogP contribution is 2.28. The third-order valence-corrected chi connectivity index (χ3v) is 4.94. The van der Waals surface area contributed by atoms with Crippen LogP contribution in [0.15, 0.2) is 60.8 Å². The monoisotopic (exact) mass is 431 g/mol. The Morgan fingerprint density at radius 1 is 1.03 bits per heavy atom. The van der Waals surface area contributed by atoms with Crippen molar-refractivity contribution in [1.29, 1.82) is 0 Å². The fourth-order valence-corrected chi connectivity index (χ4v) is 3.26. The SMILES string of the molecule is CCOC(=O)Nc1cc(Oc2ccc3c(c2)nc(Nc2ccc(CC)cc2)n3C)ccn1. The molecule has 164 valence electrons. The Hall–Kier alpha value is -4.07. The highest BCUT2D eigenvalue weighted by Gasteiger charge is 2.10. The molecule has 0 saturated heterocycles. The fourth-order valence-electron chi connectivity index (χ4n) is 3.26. The van der Waals surface area contributed by atoms with Crippen LogP contribution in [0.2, 0.25) is 0 Å². The van der Waals surface area contributed by atoms with Crippen LogP contribution in [0.5, 0.6) is 11.5 Å². The summed E-state index contributed by atoms with van der Waals surface area (Å²) in [5.41, 5.74) is 4.05. The first-order valence-electron chi connectivity index (χ1n) is 10.5. The molecule has 0 unspecified atom stereocenters. The zero-order valence-electron chi connectivity index (χ0n) is 18.3. The number of benzene rings is 2. The van der Waals surface area contributed by atoms with Crippen molar-refractivity contribution < 1.29 is 14.3 Å². The van der Waals surface area contributed by atoms with E-state index in [4.69, 9.17) is 14.5 Å². The molecule has 0 radical (unpaired) electrons. The van der Waals surface area contributed by atoms with Gasteiger partial charge in [0.15, 0.2) is 0 Å². The molecule has 0 aliphatic heterocycles. The van der Waals surface area contributed by atoms with Crippen molar-refractivity contribution in [3.63, 3.8) is 0 Å². The summed E-state index contributed by atoms with van der Waals surface area (Å²) in [5.74, 6) is 2.26. The molecule has 2 aromatic carbocycles. The second-order valence-corrected chi connectivity index (χ2v) is 7.14. The van der Waals surface area contributed by atoms with Crippen molar-refractivity contribution >= 4 is 34.6 Å². The van der Waals surface area contributed by atoms with E-state index in [9.17, 15) is 4.79 Å². The topological polar surface area (TPSA) is 90.3 Å². The van der Waals surface area contributed by atoms with Gasteiger partial charge in [0, 0.05) is 31.1 Å². The third kappa shape index (κ3) is 4.80. The highest BCUT2D eigenvalue weighted by molar-refractivity contribution is 5.83. The van der Waals surface area contributed by atoms with Crippen molar-refractivity contribution in [2.24, 2.45) is 7.05 Å². The molecule has 0 bridgehead atoms. The Morgan fingerprint density at radius 2 is 1.81 bits per heavy atom. The number of hydrogen-bond donors (Lipinski definition) is 2. The van der Waals surface area contributed by atoms with E-state index >= 15 is 0 Å². The van der Waals surface area contributed by atoms with Crippen LogP contribution in [0, 0.1) is 0 Å². The van der Waals surface area contributed by atoms with Crippen LogP contribution in [0.1, 0.15) is 19.4 Å². The molecular formula is C24H25N5O3. The number of ether oxygens (including phenoxy) is 2. The number of aryl methyl sites for hydroxylation is 2. The molecule has 4 aromatic rings. The quantitative estimate of drug-likeness (QED) is 0.394. The molecule has 8 nitrogen and oxygen atoms in total. The zero-order valence-corrected chi connectivity index (χ0v) is 18.3. The van der Waals surface area contributed by atoms with E-state index in [1.165, 1.54) is 5.56 Å². The van der Waals surface area contributed by atoms with Gasteiger partial charge in [-0.05, 0) is 49.2 Å². The summed E-state index contributed by atoms with van der Waals surface area (Å²) in [4.78, 5) is 20.4. The third-order valence-electron chi connectivity index (χ3n) is 4.94. The van der Waals surface area contributed by atoms with E-state index in [0.717, 1.165) is 29.1 Å². The maximum absolute atomic E-state index is 11.6. The van der Waals surface area contributed by atoms with Crippen LogP contribution in [-0.4, -0.2) is 27.2 Å². The van der Waals surface area contributed by atoms with Crippen LogP contribution in [0.4, 0.5) is 22.2 Å². The van der Waals surface area contributed by atoms with E-state index in [2.05, 4.69) is 46.8 Å². The van der Waals surface area contributed by atoms with Crippen molar-refractivity contribution in [2.45, 2.75) is 20.3 Å². The molecule has 0 saturated carbocycles. The molecule has 0 aliphatic carbocycles. The van der Waals surface area contributed by atoms with Crippen LogP contribution in [-0.2, 0) is 18.2 Å². The minimum absolute atomic E-state index is 0.285. The van der Waals surface area contributed by atoms with Crippen molar-refractivity contribution in [2.75, 3.05) is 17.2 Å². The summed E-state index contributed by atoms with van der Waals surface area (Å²) in [5, 5.41) is 5.93. The number of carbonyl (C=O) groups excluding carboxylic acids is 1. The van der Waals surface area contributed by atoms with Gasteiger partial charge in [-0.3, -0.25) is 5.32 Å². The molecule has 0 fully saturated rings. The van der Waals surface area contributed by atoms with E-state index in [1.54, 1.807) is 25.3 Å². The zero-order chi connectivity index (χ0) is 22.5. The fraction of sp³-hybridized carbons (Fsp3) is 0.208. The first-order chi connectivity index (χ1) is 15.6. The van der Waals surface area contributed by atoms with Gasteiger partial charge in [-0.25, -0.2) is 14.8 Å². The number of hydrogen-bond acceptors (Lipinski definition) is 6. The normalized spacial score (nSPS) is 10.7. The average Bonchev–Trinajstić information content (AvgIpc) is 3.09. The van der Waals surface area contributed by atoms with Crippen molar-refractivity contribution in [3.8, 4) is 11.5 Å². The number of rotatable bonds is 7. The molecule has 0 atom stereocenters. The van der Waals surface area contributed by atoms with E-state index in [0.29, 0.717) is 17.3 Å². The Morgan fingerprint density at radius 3 is 2.56 bits per heavy atom. The van der Waals surface area contributed by atoms with E-state index in [1.807, 2.05) is 29.8 Å². The first-order valence-corrected chi connectivity index (χ1v) is 10.5. The first kappa shape index (κ1) is 21.2. The van der Waals surface area contributed by atoms with Crippen LogP contribution in [0.3, 0.4) is 0 Å². The molecule has 2 aromatic heterocycles. The number of fused-ring (bicyclic) bond motifs is 1. The number of aromatic nitrogens is 3. The summed E-state index contributed by atoms with van der Waals surface area (Å²) in [6, 6.07) is 17.4. The van der Waals surface area contributed by atoms with Gasteiger partial charge in [-0.1, -0.05) is 19.1 Å². The van der Waals surface area contributed by atoms with Crippen molar-refractivity contribution in [1.82, 2.24) is 14.5 Å². The lowest BCUT2D eigenvalue weighted by molar-refractivity contribution is 0.168. The van der Waals surface area contributed by atoms with Crippen molar-refractivity contribution in [3.05, 3.63) is 66.4 Å². The van der Waals surface area contributed by atoms with Crippen LogP contribution >= 0.6 is 0 Å². The molecule has 4 rings (SSSR count). The van der Waals surface area contributed by atoms with Crippen LogP contribution in [0.25, 0.3) is 11.0 Å². The maximum Gasteiger partial charge on any atom is 0.412 e. The number of anilines is 3. The predicted molar refractivity (Wildman–Crippen MR) is 125 cm³/mol. The largest absolute Gasteiger partial charge is 0.457 e. The number of imidazole rings is 1. The Kier molecular flexibility index (Phi) is 6.21. The molecule has 8 heteroatoms. The summed E-state index contributed by atoms with van der Waals surface area (Å²) in [6.07, 6.45) is 2.01. The molecule has 2 N–H and O–H groups in total. The average molecular weight is 431 g/mol. The second kappa shape index (κ2) is 9.38. The number of carbonyl (C=O) groups is 1. The highest BCUT2D eigenvalue weighted by atomic mass is 16.5. The minimum atomic E-state index is -0.559. The maximum atomic E-state index is 11.6. The number of nitrogens with one attached hydrogen (secondary N) is 2. The lowest BCUT2D eigenvalue weighted by atomic mass is 10.1. The van der Waals surface area contributed by atoms with Gasteiger partial charge in [0.25, 0.3) is 0 Å². The van der Waals surface area contributed by atoms with E-state index < -0.39 is 6.09 Å². The Balaban J connectivity index is 1.52. The lowest BCUT2D eigenvalue weighted by Gasteiger charge is -2.08. The van der Waals surface area contributed by atoms with Gasteiger partial charge in [0.2, 0.25) is 5.95 Å². The Labute approximate surface area is 186 Å². The number of nitrogens with zero attached hydrogens (tertiary/aromatic N) is 3. The number of amides is 1. The molecular weight excluding hydrogens is 406 g/mol. The standard InChI is InChI=1S/C24H25N5O3/c1-4-16-6-8-17(9-7-16)26-23-27-20-14-18(10-11-21(20)29(23)3)32-19-12-13-25-22(15-19)28-24(30)31-5-2/h6-15H,4-5H2,1-3H3,(H,26,27)(H,25,28,30). The second-order valence-electron chi connectivity index (χ2n) is 7.14. The minimum Gasteiger partial charge on any atom is -0.457 e. The summed E-state index contributed by atoms with van der Waals surface area (Å²) in [7, 11) is 1.97. The summed E-state index contributed by atoms with van der Waals surface area (Å²) >= 11 is 0. The van der Waals surface area contributed by atoms with Gasteiger partial charge in [0.1, 0.15) is 17.3 Å². The molecule has 32 heavy (non-hydrogen) atoms.